The van der Waals surface area contributed by atoms with Crippen LogP contribution in [0.5, 0.6) is 0 Å². The Kier molecular flexibility index (Phi) is 4.12. The predicted octanol–water partition coefficient (Wildman–Crippen LogP) is 4.72. The molecule has 0 bridgehead atoms. The molecule has 1 fully saturated rings. The lowest BCUT2D eigenvalue weighted by Gasteiger charge is -2.38. The van der Waals surface area contributed by atoms with Crippen LogP contribution in [0.25, 0.3) is 10.8 Å². The van der Waals surface area contributed by atoms with E-state index < -0.39 is 23.7 Å². The monoisotopic (exact) mass is 400 g/mol. The van der Waals surface area contributed by atoms with Crippen molar-refractivity contribution in [3.8, 4) is 0 Å². The van der Waals surface area contributed by atoms with Crippen LogP contribution in [0.15, 0.2) is 40.9 Å². The molecule has 0 aromatic heterocycles. The van der Waals surface area contributed by atoms with Gasteiger partial charge in [0.05, 0.1) is 0 Å². The van der Waals surface area contributed by atoms with Gasteiger partial charge in [0.1, 0.15) is 0 Å². The molecule has 0 saturated carbocycles. The smallest absolute Gasteiger partial charge is 0.287 e. The minimum Gasteiger partial charge on any atom is -0.287 e. The van der Waals surface area contributed by atoms with Crippen molar-refractivity contribution >= 4 is 32.6 Å². The summed E-state index contributed by atoms with van der Waals surface area (Å²) in [6.45, 7) is 3.26. The van der Waals surface area contributed by atoms with Gasteiger partial charge in [-0.05, 0) is 42.3 Å². The van der Waals surface area contributed by atoms with Gasteiger partial charge in [0, 0.05) is 16.4 Å². The zero-order chi connectivity index (χ0) is 17.7. The average Bonchev–Trinajstić information content (AvgIpc) is 2.70. The van der Waals surface area contributed by atoms with E-state index in [-0.39, 0.29) is 12.0 Å². The Morgan fingerprint density at radius 3 is 2.50 bits per heavy atom. The van der Waals surface area contributed by atoms with Gasteiger partial charge in [-0.3, -0.25) is 10.2 Å². The van der Waals surface area contributed by atoms with Gasteiger partial charge in [-0.15, -0.1) is 0 Å². The van der Waals surface area contributed by atoms with Gasteiger partial charge in [0.2, 0.25) is 5.91 Å². The van der Waals surface area contributed by atoms with E-state index in [9.17, 15) is 18.0 Å². The van der Waals surface area contributed by atoms with E-state index in [2.05, 4.69) is 21.4 Å². The highest BCUT2D eigenvalue weighted by molar-refractivity contribution is 9.10. The van der Waals surface area contributed by atoms with E-state index in [1.807, 2.05) is 0 Å². The molecule has 1 atom stereocenters. The van der Waals surface area contributed by atoms with E-state index in [0.29, 0.717) is 15.2 Å². The van der Waals surface area contributed by atoms with Gasteiger partial charge in [-0.25, -0.2) is 0 Å². The lowest BCUT2D eigenvalue weighted by Crippen LogP contribution is -2.51. The maximum atomic E-state index is 14.0. The van der Waals surface area contributed by atoms with E-state index >= 15 is 0 Å². The van der Waals surface area contributed by atoms with Crippen LogP contribution in [0.1, 0.15) is 31.9 Å². The van der Waals surface area contributed by atoms with Crippen LogP contribution in [0.3, 0.4) is 0 Å². The second-order valence-corrected chi connectivity index (χ2v) is 7.47. The molecule has 128 valence electrons. The van der Waals surface area contributed by atoms with E-state index in [1.54, 1.807) is 44.2 Å². The summed E-state index contributed by atoms with van der Waals surface area (Å²) < 4.78 is 42.5. The number of fused-ring (bicyclic) bond motifs is 1. The molecule has 0 aliphatic carbocycles. The number of nitrogens with one attached hydrogen (secondary N) is 1. The number of amides is 1. The predicted molar refractivity (Wildman–Crippen MR) is 89.1 cm³/mol. The Labute approximate surface area is 145 Å². The molecular formula is C17H16BrF3N2O. The minimum absolute atomic E-state index is 0.0194. The molecule has 1 unspecified atom stereocenters. The topological polar surface area (TPSA) is 32.3 Å². The fraction of sp³-hybridized carbons (Fsp3) is 0.353. The number of hydrogen-bond acceptors (Lipinski definition) is 2. The third kappa shape index (κ3) is 3.02. The van der Waals surface area contributed by atoms with Crippen molar-refractivity contribution in [2.75, 3.05) is 0 Å². The number of alkyl halides is 3. The first-order valence-electron chi connectivity index (χ1n) is 7.43. The molecule has 2 aromatic carbocycles. The third-order valence-electron chi connectivity index (χ3n) is 4.21. The molecule has 1 aliphatic rings. The van der Waals surface area contributed by atoms with Crippen molar-refractivity contribution < 1.29 is 18.0 Å². The van der Waals surface area contributed by atoms with Crippen molar-refractivity contribution in [3.63, 3.8) is 0 Å². The molecule has 3 rings (SSSR count). The molecule has 1 N–H and O–H groups in total. The van der Waals surface area contributed by atoms with Crippen molar-refractivity contribution in [3.05, 3.63) is 46.4 Å². The van der Waals surface area contributed by atoms with Gasteiger partial charge in [-0.2, -0.15) is 18.2 Å². The summed E-state index contributed by atoms with van der Waals surface area (Å²) in [5.41, 5.74) is 1.56. The second kappa shape index (κ2) is 5.74. The maximum absolute atomic E-state index is 14.0. The number of carbonyl (C=O) groups excluding carboxylic acids is 1. The first-order valence-corrected chi connectivity index (χ1v) is 8.22. The van der Waals surface area contributed by atoms with E-state index in [0.717, 1.165) is 5.01 Å². The first kappa shape index (κ1) is 17.2. The normalized spacial score (nSPS) is 19.5. The SMILES string of the molecule is CC1(C)CC(=O)NN1C(c1cc(Br)cc2ccccc12)C(F)(F)F. The summed E-state index contributed by atoms with van der Waals surface area (Å²) in [4.78, 5) is 11.7. The molecule has 2 aromatic rings. The van der Waals surface area contributed by atoms with Crippen LogP contribution in [0, 0.1) is 0 Å². The van der Waals surface area contributed by atoms with E-state index in [4.69, 9.17) is 0 Å². The highest BCUT2D eigenvalue weighted by Crippen LogP contribution is 2.45. The quantitative estimate of drug-likeness (QED) is 0.790. The lowest BCUT2D eigenvalue weighted by atomic mass is 9.94. The summed E-state index contributed by atoms with van der Waals surface area (Å²) in [7, 11) is 0. The number of nitrogens with zero attached hydrogens (tertiary/aromatic N) is 1. The van der Waals surface area contributed by atoms with Gasteiger partial charge >= 0.3 is 6.18 Å². The Bertz CT molecular complexity index is 804. The molecule has 24 heavy (non-hydrogen) atoms. The van der Waals surface area contributed by atoms with Gasteiger partial charge in [0.25, 0.3) is 0 Å². The van der Waals surface area contributed by atoms with Crippen LogP contribution >= 0.6 is 15.9 Å². The van der Waals surface area contributed by atoms with Crippen molar-refractivity contribution in [1.82, 2.24) is 10.4 Å². The Hall–Kier alpha value is -1.60. The van der Waals surface area contributed by atoms with Gasteiger partial charge in [-0.1, -0.05) is 40.2 Å². The zero-order valence-corrected chi connectivity index (χ0v) is 14.7. The summed E-state index contributed by atoms with van der Waals surface area (Å²) >= 11 is 3.29. The largest absolute Gasteiger partial charge is 0.409 e. The maximum Gasteiger partial charge on any atom is 0.409 e. The molecule has 7 heteroatoms. The molecule has 3 nitrogen and oxygen atoms in total. The summed E-state index contributed by atoms with van der Waals surface area (Å²) in [5, 5.41) is 2.25. The van der Waals surface area contributed by atoms with Gasteiger partial charge in [0.15, 0.2) is 6.04 Å². The molecule has 0 spiro atoms. The Morgan fingerprint density at radius 2 is 1.92 bits per heavy atom. The number of hydrazine groups is 1. The first-order chi connectivity index (χ1) is 11.1. The number of benzene rings is 2. The summed E-state index contributed by atoms with van der Waals surface area (Å²) in [6, 6.07) is 8.25. The summed E-state index contributed by atoms with van der Waals surface area (Å²) in [5.74, 6) is -0.409. The average molecular weight is 401 g/mol. The number of halogens is 4. The molecule has 1 saturated heterocycles. The minimum atomic E-state index is -4.54. The van der Waals surface area contributed by atoms with Crippen LogP contribution in [0.4, 0.5) is 13.2 Å². The Balaban J connectivity index is 2.24. The number of rotatable bonds is 2. The highest BCUT2D eigenvalue weighted by atomic mass is 79.9. The van der Waals surface area contributed by atoms with E-state index in [1.165, 1.54) is 6.07 Å². The lowest BCUT2D eigenvalue weighted by molar-refractivity contribution is -0.203. The molecular weight excluding hydrogens is 385 g/mol. The molecule has 1 aliphatic heterocycles. The Morgan fingerprint density at radius 1 is 1.25 bits per heavy atom. The fourth-order valence-corrected chi connectivity index (χ4v) is 3.70. The molecule has 1 amide bonds. The fourth-order valence-electron chi connectivity index (χ4n) is 3.21. The van der Waals surface area contributed by atoms with Crippen LogP contribution in [0.2, 0.25) is 0 Å². The molecule has 0 radical (unpaired) electrons. The number of hydrogen-bond donors (Lipinski definition) is 1. The standard InChI is InChI=1S/C17H16BrF3N2O/c1-16(2)9-14(24)22-23(16)15(17(19,20)21)13-8-11(18)7-10-5-3-4-6-12(10)13/h3-8,15H,9H2,1-2H3,(H,22,24). The van der Waals surface area contributed by atoms with Crippen LogP contribution in [-0.4, -0.2) is 22.6 Å². The summed E-state index contributed by atoms with van der Waals surface area (Å²) in [6.07, 6.45) is -4.52. The van der Waals surface area contributed by atoms with Gasteiger partial charge < -0.3 is 0 Å². The second-order valence-electron chi connectivity index (χ2n) is 6.55. The van der Waals surface area contributed by atoms with Crippen molar-refractivity contribution in [1.29, 1.82) is 0 Å². The third-order valence-corrected chi connectivity index (χ3v) is 4.67. The zero-order valence-electron chi connectivity index (χ0n) is 13.1. The highest BCUT2D eigenvalue weighted by Gasteiger charge is 2.53. The van der Waals surface area contributed by atoms with Crippen molar-refractivity contribution in [2.45, 2.75) is 38.0 Å². The van der Waals surface area contributed by atoms with Crippen LogP contribution in [-0.2, 0) is 4.79 Å². The van der Waals surface area contributed by atoms with Crippen LogP contribution < -0.4 is 5.43 Å². The molecule has 1 heterocycles. The van der Waals surface area contributed by atoms with Crippen molar-refractivity contribution in [2.24, 2.45) is 0 Å². The number of carbonyl (C=O) groups is 1.